The Labute approximate surface area is 196 Å². The molecule has 1 N–H and O–H groups in total. The number of methoxy groups -OCH3 is 1. The smallest absolute Gasteiger partial charge is 0.261 e. The summed E-state index contributed by atoms with van der Waals surface area (Å²) in [6, 6.07) is 23.7. The molecule has 0 heterocycles. The molecule has 0 aliphatic rings. The van der Waals surface area contributed by atoms with Crippen LogP contribution in [0.15, 0.2) is 72.8 Å². The molecule has 1 amide bonds. The van der Waals surface area contributed by atoms with Crippen LogP contribution in [0, 0.1) is 0 Å². The van der Waals surface area contributed by atoms with E-state index in [0.29, 0.717) is 31.1 Å². The van der Waals surface area contributed by atoms with E-state index in [9.17, 15) is 4.79 Å². The minimum Gasteiger partial charge on any atom is -0.493 e. The molecule has 0 spiro atoms. The van der Waals surface area contributed by atoms with Crippen LogP contribution in [0.4, 0.5) is 0 Å². The summed E-state index contributed by atoms with van der Waals surface area (Å²) < 4.78 is 17.2. The van der Waals surface area contributed by atoms with Gasteiger partial charge < -0.3 is 19.5 Å². The van der Waals surface area contributed by atoms with Gasteiger partial charge in [-0.25, -0.2) is 0 Å². The molecule has 0 aliphatic heterocycles. The van der Waals surface area contributed by atoms with E-state index in [0.717, 1.165) is 35.3 Å². The first-order valence-electron chi connectivity index (χ1n) is 11.5. The first-order valence-corrected chi connectivity index (χ1v) is 11.5. The fourth-order valence-electron chi connectivity index (χ4n) is 3.41. The van der Waals surface area contributed by atoms with Gasteiger partial charge in [-0.1, -0.05) is 68.8 Å². The Morgan fingerprint density at radius 1 is 0.909 bits per heavy atom. The van der Waals surface area contributed by atoms with Gasteiger partial charge in [-0.05, 0) is 53.8 Å². The number of carbonyl (C=O) groups is 1. The third-order valence-corrected chi connectivity index (χ3v) is 5.35. The zero-order chi connectivity index (χ0) is 23.5. The lowest BCUT2D eigenvalue weighted by Crippen LogP contribution is -2.37. The number of carbonyl (C=O) groups excluding carboxylic acids is 1. The van der Waals surface area contributed by atoms with Crippen molar-refractivity contribution in [1.29, 1.82) is 0 Å². The van der Waals surface area contributed by atoms with E-state index in [1.54, 1.807) is 7.11 Å². The summed E-state index contributed by atoms with van der Waals surface area (Å²) in [5, 5.41) is 2.97. The molecule has 0 fully saturated rings. The lowest BCUT2D eigenvalue weighted by atomic mass is 10.1. The Morgan fingerprint density at radius 3 is 2.30 bits per heavy atom. The lowest BCUT2D eigenvalue weighted by Gasteiger charge is -2.18. The number of unbranched alkanes of at least 4 members (excludes halogenated alkanes) is 1. The van der Waals surface area contributed by atoms with Crippen molar-refractivity contribution in [2.75, 3.05) is 13.7 Å². The standard InChI is InChI=1S/C28H33NO4/c1-4-6-18-32-26-17-12-21(19-27(26)31-3)20-29-28(30)25(5-2)33-24-15-13-23(14-16-24)22-10-8-7-9-11-22/h7-17,19,25H,4-6,18,20H2,1-3H3,(H,29,30). The van der Waals surface area contributed by atoms with Crippen molar-refractivity contribution in [2.24, 2.45) is 0 Å². The third-order valence-electron chi connectivity index (χ3n) is 5.35. The van der Waals surface area contributed by atoms with Gasteiger partial charge in [0, 0.05) is 6.54 Å². The SMILES string of the molecule is CCCCOc1ccc(CNC(=O)C(CC)Oc2ccc(-c3ccccc3)cc2)cc1OC. The molecule has 0 radical (unpaired) electrons. The Balaban J connectivity index is 1.56. The highest BCUT2D eigenvalue weighted by Gasteiger charge is 2.18. The zero-order valence-corrected chi connectivity index (χ0v) is 19.7. The molecule has 0 aliphatic carbocycles. The highest BCUT2D eigenvalue weighted by atomic mass is 16.5. The fourth-order valence-corrected chi connectivity index (χ4v) is 3.41. The highest BCUT2D eigenvalue weighted by molar-refractivity contribution is 5.81. The van der Waals surface area contributed by atoms with E-state index in [1.807, 2.05) is 67.6 Å². The fraction of sp³-hybridized carbons (Fsp3) is 0.321. The number of hydrogen-bond donors (Lipinski definition) is 1. The average molecular weight is 448 g/mol. The number of benzene rings is 3. The van der Waals surface area contributed by atoms with E-state index in [2.05, 4.69) is 24.4 Å². The monoisotopic (exact) mass is 447 g/mol. The molecule has 0 saturated carbocycles. The predicted octanol–water partition coefficient (Wildman–Crippen LogP) is 6.01. The zero-order valence-electron chi connectivity index (χ0n) is 19.7. The van der Waals surface area contributed by atoms with Crippen molar-refractivity contribution >= 4 is 5.91 Å². The van der Waals surface area contributed by atoms with Gasteiger partial charge in [-0.2, -0.15) is 0 Å². The molecule has 5 nitrogen and oxygen atoms in total. The van der Waals surface area contributed by atoms with Crippen LogP contribution in [0.1, 0.15) is 38.7 Å². The highest BCUT2D eigenvalue weighted by Crippen LogP contribution is 2.28. The Kier molecular flexibility index (Phi) is 9.19. The quantitative estimate of drug-likeness (QED) is 0.345. The van der Waals surface area contributed by atoms with Crippen molar-refractivity contribution in [3.63, 3.8) is 0 Å². The molecule has 3 aromatic rings. The number of hydrogen-bond acceptors (Lipinski definition) is 4. The van der Waals surface area contributed by atoms with Crippen molar-refractivity contribution in [2.45, 2.75) is 45.8 Å². The van der Waals surface area contributed by atoms with Gasteiger partial charge in [0.05, 0.1) is 13.7 Å². The number of rotatable bonds is 12. The van der Waals surface area contributed by atoms with E-state index >= 15 is 0 Å². The predicted molar refractivity (Wildman–Crippen MR) is 132 cm³/mol. The molecule has 3 rings (SSSR count). The van der Waals surface area contributed by atoms with Crippen LogP contribution in [-0.2, 0) is 11.3 Å². The first-order chi connectivity index (χ1) is 16.1. The first kappa shape index (κ1) is 24.2. The number of amides is 1. The second kappa shape index (κ2) is 12.5. The van der Waals surface area contributed by atoms with Crippen molar-refractivity contribution in [3.05, 3.63) is 78.4 Å². The molecular formula is C28H33NO4. The molecule has 0 aromatic heterocycles. The van der Waals surface area contributed by atoms with Gasteiger partial charge in [0.1, 0.15) is 5.75 Å². The minimum atomic E-state index is -0.564. The summed E-state index contributed by atoms with van der Waals surface area (Å²) in [6.45, 7) is 5.11. The summed E-state index contributed by atoms with van der Waals surface area (Å²) in [7, 11) is 1.62. The van der Waals surface area contributed by atoms with Gasteiger partial charge in [0.25, 0.3) is 5.91 Å². The Morgan fingerprint density at radius 2 is 1.64 bits per heavy atom. The summed E-state index contributed by atoms with van der Waals surface area (Å²) in [6.07, 6.45) is 2.07. The maximum Gasteiger partial charge on any atom is 0.261 e. The summed E-state index contributed by atoms with van der Waals surface area (Å²) in [4.78, 5) is 12.7. The van der Waals surface area contributed by atoms with Gasteiger partial charge >= 0.3 is 0 Å². The van der Waals surface area contributed by atoms with E-state index < -0.39 is 6.10 Å². The molecule has 0 bridgehead atoms. The van der Waals surface area contributed by atoms with Crippen LogP contribution < -0.4 is 19.5 Å². The molecule has 3 aromatic carbocycles. The van der Waals surface area contributed by atoms with Crippen LogP contribution in [0.25, 0.3) is 11.1 Å². The largest absolute Gasteiger partial charge is 0.493 e. The van der Waals surface area contributed by atoms with Gasteiger partial charge in [-0.15, -0.1) is 0 Å². The second-order valence-corrected chi connectivity index (χ2v) is 7.81. The lowest BCUT2D eigenvalue weighted by molar-refractivity contribution is -0.128. The molecular weight excluding hydrogens is 414 g/mol. The van der Waals surface area contributed by atoms with Crippen LogP contribution >= 0.6 is 0 Å². The Bertz CT molecular complexity index is 1000. The Hall–Kier alpha value is -3.47. The van der Waals surface area contributed by atoms with Crippen LogP contribution in [0.2, 0.25) is 0 Å². The van der Waals surface area contributed by atoms with Gasteiger partial charge in [-0.3, -0.25) is 4.79 Å². The summed E-state index contributed by atoms with van der Waals surface area (Å²) in [5.74, 6) is 1.91. The summed E-state index contributed by atoms with van der Waals surface area (Å²) >= 11 is 0. The van der Waals surface area contributed by atoms with E-state index in [4.69, 9.17) is 14.2 Å². The van der Waals surface area contributed by atoms with Crippen LogP contribution in [0.3, 0.4) is 0 Å². The maximum atomic E-state index is 12.7. The molecule has 5 heteroatoms. The third kappa shape index (κ3) is 7.01. The van der Waals surface area contributed by atoms with E-state index in [1.165, 1.54) is 0 Å². The van der Waals surface area contributed by atoms with Crippen molar-refractivity contribution < 1.29 is 19.0 Å². The topological polar surface area (TPSA) is 56.8 Å². The maximum absolute atomic E-state index is 12.7. The van der Waals surface area contributed by atoms with Gasteiger partial charge in [0.15, 0.2) is 17.6 Å². The molecule has 174 valence electrons. The minimum absolute atomic E-state index is 0.146. The van der Waals surface area contributed by atoms with Crippen LogP contribution in [-0.4, -0.2) is 25.7 Å². The van der Waals surface area contributed by atoms with Gasteiger partial charge in [0.2, 0.25) is 0 Å². The number of ether oxygens (including phenoxy) is 3. The normalized spacial score (nSPS) is 11.5. The van der Waals surface area contributed by atoms with E-state index in [-0.39, 0.29) is 5.91 Å². The molecule has 1 unspecified atom stereocenters. The molecule has 1 atom stereocenters. The van der Waals surface area contributed by atoms with Crippen LogP contribution in [0.5, 0.6) is 17.2 Å². The second-order valence-electron chi connectivity index (χ2n) is 7.81. The number of nitrogens with one attached hydrogen (secondary N) is 1. The van der Waals surface area contributed by atoms with Crippen molar-refractivity contribution in [3.8, 4) is 28.4 Å². The molecule has 33 heavy (non-hydrogen) atoms. The van der Waals surface area contributed by atoms with Crippen molar-refractivity contribution in [1.82, 2.24) is 5.32 Å². The summed E-state index contributed by atoms with van der Waals surface area (Å²) in [5.41, 5.74) is 3.19. The molecule has 0 saturated heterocycles. The average Bonchev–Trinajstić information content (AvgIpc) is 2.87.